The molecule has 106 valence electrons. The first kappa shape index (κ1) is 16.0. The maximum Gasteiger partial charge on any atom is 0.305 e. The molecule has 0 saturated carbocycles. The summed E-state index contributed by atoms with van der Waals surface area (Å²) in [4.78, 5) is 10.9. The Bertz CT molecular complexity index is 455. The molecule has 0 bridgehead atoms. The number of nitrogens with two attached hydrogens (primary N) is 1. The van der Waals surface area contributed by atoms with E-state index in [1.54, 1.807) is 0 Å². The Labute approximate surface area is 119 Å². The number of unbranched alkanes of at least 4 members (excludes halogenated alkanes) is 1. The molecule has 0 spiro atoms. The molecule has 0 heterocycles. The van der Waals surface area contributed by atoms with Crippen molar-refractivity contribution in [2.75, 3.05) is 7.11 Å². The summed E-state index contributed by atoms with van der Waals surface area (Å²) in [6, 6.07) is 1.59. The van der Waals surface area contributed by atoms with Gasteiger partial charge in [0.05, 0.1) is 11.6 Å². The molecule has 1 aromatic carbocycles. The molecule has 6 heteroatoms. The lowest BCUT2D eigenvalue weighted by Gasteiger charge is -2.13. The van der Waals surface area contributed by atoms with E-state index in [1.807, 2.05) is 0 Å². The summed E-state index contributed by atoms with van der Waals surface area (Å²) in [5.41, 5.74) is 5.98. The minimum absolute atomic E-state index is 0.0756. The number of ether oxygens (including phenoxy) is 1. The zero-order valence-corrected chi connectivity index (χ0v) is 12.2. The first-order chi connectivity index (χ1) is 8.95. The molecule has 19 heavy (non-hydrogen) atoms. The van der Waals surface area contributed by atoms with E-state index in [9.17, 15) is 13.6 Å². The minimum atomic E-state index is -0.583. The van der Waals surface area contributed by atoms with Gasteiger partial charge in [0.15, 0.2) is 0 Å². The number of rotatable bonds is 6. The zero-order valence-electron chi connectivity index (χ0n) is 10.6. The van der Waals surface area contributed by atoms with E-state index in [1.165, 1.54) is 7.11 Å². The summed E-state index contributed by atoms with van der Waals surface area (Å²) in [6.07, 6.45) is 2.05. The summed E-state index contributed by atoms with van der Waals surface area (Å²) < 4.78 is 31.5. The third-order valence-electron chi connectivity index (χ3n) is 2.81. The summed E-state index contributed by atoms with van der Waals surface area (Å²) in [7, 11) is 1.33. The summed E-state index contributed by atoms with van der Waals surface area (Å²) in [5, 5.41) is 0. The van der Waals surface area contributed by atoms with Crippen molar-refractivity contribution in [3.05, 3.63) is 33.8 Å². The van der Waals surface area contributed by atoms with Gasteiger partial charge in [-0.25, -0.2) is 8.78 Å². The predicted octanol–water partition coefficient (Wildman–Crippen LogP) is 3.46. The zero-order chi connectivity index (χ0) is 14.4. The van der Waals surface area contributed by atoms with Crippen LogP contribution in [0.4, 0.5) is 8.78 Å². The minimum Gasteiger partial charge on any atom is -0.469 e. The van der Waals surface area contributed by atoms with E-state index in [2.05, 4.69) is 20.7 Å². The number of carbonyl (C=O) groups excluding carboxylic acids is 1. The molecule has 3 nitrogen and oxygen atoms in total. The number of carbonyl (C=O) groups is 1. The lowest BCUT2D eigenvalue weighted by Crippen LogP contribution is -2.13. The van der Waals surface area contributed by atoms with E-state index in [0.717, 1.165) is 12.1 Å². The number of halogens is 3. The molecule has 0 amide bonds. The van der Waals surface area contributed by atoms with Gasteiger partial charge in [0.2, 0.25) is 0 Å². The van der Waals surface area contributed by atoms with Crippen molar-refractivity contribution >= 4 is 21.9 Å². The second kappa shape index (κ2) is 7.55. The van der Waals surface area contributed by atoms with Crippen LogP contribution >= 0.6 is 15.9 Å². The van der Waals surface area contributed by atoms with Crippen LogP contribution in [-0.4, -0.2) is 13.1 Å². The van der Waals surface area contributed by atoms with E-state index >= 15 is 0 Å². The molecule has 0 aliphatic heterocycles. The largest absolute Gasteiger partial charge is 0.469 e. The standard InChI is InChI=1S/C13H16BrF2NO2/c1-19-13(18)5-3-2-4-12(17)8-6-11(16)9(14)7-10(8)15/h6-7,12H,2-5,17H2,1H3. The monoisotopic (exact) mass is 335 g/mol. The van der Waals surface area contributed by atoms with Crippen molar-refractivity contribution in [1.82, 2.24) is 0 Å². The van der Waals surface area contributed by atoms with Gasteiger partial charge >= 0.3 is 5.97 Å². The molecule has 0 aliphatic rings. The SMILES string of the molecule is COC(=O)CCCCC(N)c1cc(F)c(Br)cc1F. The van der Waals surface area contributed by atoms with Crippen LogP contribution < -0.4 is 5.73 Å². The maximum atomic E-state index is 13.6. The molecular formula is C13H16BrF2NO2. The molecule has 0 aromatic heterocycles. The van der Waals surface area contributed by atoms with Crippen LogP contribution in [0.25, 0.3) is 0 Å². The average Bonchev–Trinajstić information content (AvgIpc) is 2.38. The Morgan fingerprint density at radius 1 is 1.37 bits per heavy atom. The normalized spacial score (nSPS) is 12.3. The topological polar surface area (TPSA) is 52.3 Å². The van der Waals surface area contributed by atoms with Crippen molar-refractivity contribution in [3.63, 3.8) is 0 Å². The third-order valence-corrected chi connectivity index (χ3v) is 3.42. The fraction of sp³-hybridized carbons (Fsp3) is 0.462. The fourth-order valence-electron chi connectivity index (χ4n) is 1.71. The Balaban J connectivity index is 2.52. The predicted molar refractivity (Wildman–Crippen MR) is 71.5 cm³/mol. The first-order valence-corrected chi connectivity index (χ1v) is 6.71. The number of hydrogen-bond donors (Lipinski definition) is 1. The molecule has 2 N–H and O–H groups in total. The molecule has 1 unspecified atom stereocenters. The van der Waals surface area contributed by atoms with E-state index in [-0.39, 0.29) is 16.0 Å². The first-order valence-electron chi connectivity index (χ1n) is 5.92. The second-order valence-electron chi connectivity index (χ2n) is 4.22. The highest BCUT2D eigenvalue weighted by atomic mass is 79.9. The van der Waals surface area contributed by atoms with Gasteiger partial charge < -0.3 is 10.5 Å². The Kier molecular flexibility index (Phi) is 6.37. The average molecular weight is 336 g/mol. The summed E-state index contributed by atoms with van der Waals surface area (Å²) in [6.45, 7) is 0. The van der Waals surface area contributed by atoms with Crippen LogP contribution in [0.2, 0.25) is 0 Å². The molecule has 0 aliphatic carbocycles. The van der Waals surface area contributed by atoms with Gasteiger partial charge in [0.1, 0.15) is 11.6 Å². The number of benzene rings is 1. The quantitative estimate of drug-likeness (QED) is 0.492. The molecule has 1 aromatic rings. The van der Waals surface area contributed by atoms with Crippen LogP contribution in [-0.2, 0) is 9.53 Å². The number of hydrogen-bond acceptors (Lipinski definition) is 3. The maximum absolute atomic E-state index is 13.6. The van der Waals surface area contributed by atoms with Gasteiger partial charge in [-0.15, -0.1) is 0 Å². The van der Waals surface area contributed by atoms with Crippen LogP contribution in [0, 0.1) is 11.6 Å². The lowest BCUT2D eigenvalue weighted by molar-refractivity contribution is -0.140. The van der Waals surface area contributed by atoms with Gasteiger partial charge in [-0.1, -0.05) is 6.42 Å². The van der Waals surface area contributed by atoms with Crippen LogP contribution in [0.5, 0.6) is 0 Å². The Hall–Kier alpha value is -1.01. The van der Waals surface area contributed by atoms with E-state index < -0.39 is 17.7 Å². The van der Waals surface area contributed by atoms with Crippen LogP contribution in [0.3, 0.4) is 0 Å². The lowest BCUT2D eigenvalue weighted by atomic mass is 10.0. The summed E-state index contributed by atoms with van der Waals surface area (Å²) >= 11 is 2.91. The van der Waals surface area contributed by atoms with Crippen molar-refractivity contribution in [3.8, 4) is 0 Å². The molecule has 0 radical (unpaired) electrons. The van der Waals surface area contributed by atoms with Crippen molar-refractivity contribution in [2.45, 2.75) is 31.7 Å². The van der Waals surface area contributed by atoms with Gasteiger partial charge in [-0.2, -0.15) is 0 Å². The van der Waals surface area contributed by atoms with Gasteiger partial charge in [-0.05, 0) is 40.9 Å². The molecule has 0 fully saturated rings. The van der Waals surface area contributed by atoms with Crippen LogP contribution in [0.1, 0.15) is 37.3 Å². The third kappa shape index (κ3) is 4.87. The highest BCUT2D eigenvalue weighted by molar-refractivity contribution is 9.10. The number of esters is 1. The smallest absolute Gasteiger partial charge is 0.305 e. The Morgan fingerprint density at radius 2 is 2.05 bits per heavy atom. The molecule has 1 rings (SSSR count). The fourth-order valence-corrected chi connectivity index (χ4v) is 2.03. The van der Waals surface area contributed by atoms with Crippen LogP contribution in [0.15, 0.2) is 16.6 Å². The molecule has 0 saturated heterocycles. The summed E-state index contributed by atoms with van der Waals surface area (Å²) in [5.74, 6) is -1.36. The van der Waals surface area contributed by atoms with Gasteiger partial charge in [0.25, 0.3) is 0 Å². The van der Waals surface area contributed by atoms with E-state index in [4.69, 9.17) is 5.73 Å². The van der Waals surface area contributed by atoms with Gasteiger partial charge in [0, 0.05) is 18.0 Å². The number of methoxy groups -OCH3 is 1. The highest BCUT2D eigenvalue weighted by Crippen LogP contribution is 2.25. The Morgan fingerprint density at radius 3 is 2.68 bits per heavy atom. The van der Waals surface area contributed by atoms with Crippen molar-refractivity contribution in [2.24, 2.45) is 5.73 Å². The highest BCUT2D eigenvalue weighted by Gasteiger charge is 2.14. The molecular weight excluding hydrogens is 320 g/mol. The molecule has 1 atom stereocenters. The van der Waals surface area contributed by atoms with Gasteiger partial charge in [-0.3, -0.25) is 4.79 Å². The van der Waals surface area contributed by atoms with Crippen molar-refractivity contribution < 1.29 is 18.3 Å². The second-order valence-corrected chi connectivity index (χ2v) is 5.07. The van der Waals surface area contributed by atoms with Crippen molar-refractivity contribution in [1.29, 1.82) is 0 Å². The van der Waals surface area contributed by atoms with E-state index in [0.29, 0.717) is 25.7 Å².